The summed E-state index contributed by atoms with van der Waals surface area (Å²) in [7, 11) is 1.88. The molecular weight excluding hydrogens is 410 g/mol. The Bertz CT molecular complexity index is 1340. The summed E-state index contributed by atoms with van der Waals surface area (Å²) in [6.07, 6.45) is 4.18. The lowest BCUT2D eigenvalue weighted by atomic mass is 10.1. The zero-order valence-electron chi connectivity index (χ0n) is 18.9. The number of hydrogen-bond acceptors (Lipinski definition) is 6. The molecule has 33 heavy (non-hydrogen) atoms. The standard InChI is InChI=1S/C26H27N7/c1-18-26(20-10-11-28-23(12-20)27-2)33-24(29-18)8-9-25(30-33)32-16-21-14-31(15-22(21)17-32)13-19-6-4-3-5-7-19/h3-12,14,22H,13,15-17H2,1-2H3,(H,27,28). The molecule has 7 nitrogen and oxygen atoms in total. The highest BCUT2D eigenvalue weighted by molar-refractivity contribution is 5.69. The van der Waals surface area contributed by atoms with Crippen LogP contribution in [0.3, 0.4) is 0 Å². The first-order chi connectivity index (χ1) is 16.2. The third kappa shape index (κ3) is 3.59. The van der Waals surface area contributed by atoms with Crippen LogP contribution in [-0.4, -0.2) is 51.2 Å². The van der Waals surface area contributed by atoms with E-state index in [1.807, 2.05) is 36.8 Å². The van der Waals surface area contributed by atoms with E-state index >= 15 is 0 Å². The van der Waals surface area contributed by atoms with Crippen molar-refractivity contribution in [3.05, 3.63) is 83.8 Å². The summed E-state index contributed by atoms with van der Waals surface area (Å²) in [5.74, 6) is 2.39. The number of aromatic nitrogens is 4. The van der Waals surface area contributed by atoms with E-state index in [1.54, 1.807) is 0 Å². The molecule has 1 fully saturated rings. The van der Waals surface area contributed by atoms with Crippen LogP contribution in [0.4, 0.5) is 11.6 Å². The molecule has 1 unspecified atom stereocenters. The SMILES string of the molecule is CNc1cc(-c2c(C)nc3ccc(N4CC5=CN(Cc6ccccc6)CC5C4)nn23)ccn1. The number of hydrogen-bond donors (Lipinski definition) is 1. The average Bonchev–Trinajstić information content (AvgIpc) is 3.49. The van der Waals surface area contributed by atoms with Gasteiger partial charge in [-0.2, -0.15) is 0 Å². The largest absolute Gasteiger partial charge is 0.373 e. The van der Waals surface area contributed by atoms with Crippen LogP contribution in [0, 0.1) is 12.8 Å². The predicted octanol–water partition coefficient (Wildman–Crippen LogP) is 3.98. The second kappa shape index (κ2) is 7.92. The number of rotatable bonds is 5. The molecule has 2 aliphatic heterocycles. The van der Waals surface area contributed by atoms with Gasteiger partial charge in [-0.3, -0.25) is 0 Å². The normalized spacial score (nSPS) is 17.5. The van der Waals surface area contributed by atoms with Crippen LogP contribution < -0.4 is 10.2 Å². The minimum absolute atomic E-state index is 0.564. The molecular formula is C26H27N7. The number of nitrogens with one attached hydrogen (secondary N) is 1. The third-order valence-corrected chi connectivity index (χ3v) is 6.62. The lowest BCUT2D eigenvalue weighted by molar-refractivity contribution is 0.365. The highest BCUT2D eigenvalue weighted by atomic mass is 15.3. The van der Waals surface area contributed by atoms with Gasteiger partial charge in [-0.15, -0.1) is 5.10 Å². The predicted molar refractivity (Wildman–Crippen MR) is 131 cm³/mol. The summed E-state index contributed by atoms with van der Waals surface area (Å²) < 4.78 is 1.98. The first kappa shape index (κ1) is 19.8. The van der Waals surface area contributed by atoms with Crippen LogP contribution in [-0.2, 0) is 6.54 Å². The van der Waals surface area contributed by atoms with Gasteiger partial charge in [0.15, 0.2) is 5.65 Å². The molecule has 6 rings (SSSR count). The molecule has 0 amide bonds. The zero-order valence-corrected chi connectivity index (χ0v) is 18.9. The van der Waals surface area contributed by atoms with E-state index in [1.165, 1.54) is 11.1 Å². The summed E-state index contributed by atoms with van der Waals surface area (Å²) in [4.78, 5) is 13.9. The molecule has 3 aromatic heterocycles. The van der Waals surface area contributed by atoms with Crippen molar-refractivity contribution in [2.24, 2.45) is 5.92 Å². The molecule has 0 saturated carbocycles. The van der Waals surface area contributed by atoms with Crippen LogP contribution in [0.25, 0.3) is 16.9 Å². The van der Waals surface area contributed by atoms with E-state index in [0.717, 1.165) is 60.4 Å². The summed E-state index contributed by atoms with van der Waals surface area (Å²) in [5, 5.41) is 8.14. The van der Waals surface area contributed by atoms with Crippen molar-refractivity contribution >= 4 is 17.3 Å². The second-order valence-corrected chi connectivity index (χ2v) is 8.88. The molecule has 5 heterocycles. The lowest BCUT2D eigenvalue weighted by Crippen LogP contribution is -2.26. The molecule has 0 radical (unpaired) electrons. The van der Waals surface area contributed by atoms with Gasteiger partial charge in [0.1, 0.15) is 11.6 Å². The van der Waals surface area contributed by atoms with Crippen molar-refractivity contribution in [3.8, 4) is 11.3 Å². The highest BCUT2D eigenvalue weighted by Crippen LogP contribution is 2.33. The minimum Gasteiger partial charge on any atom is -0.373 e. The molecule has 1 atom stereocenters. The molecule has 0 spiro atoms. The van der Waals surface area contributed by atoms with Gasteiger partial charge in [-0.1, -0.05) is 30.3 Å². The smallest absolute Gasteiger partial charge is 0.154 e. The minimum atomic E-state index is 0.564. The average molecular weight is 438 g/mol. The van der Waals surface area contributed by atoms with Gasteiger partial charge >= 0.3 is 0 Å². The monoisotopic (exact) mass is 437 g/mol. The Kier molecular flexibility index (Phi) is 4.75. The Morgan fingerprint density at radius 1 is 1.06 bits per heavy atom. The second-order valence-electron chi connectivity index (χ2n) is 8.88. The Hall–Kier alpha value is -3.87. The van der Waals surface area contributed by atoms with Gasteiger partial charge in [-0.05, 0) is 42.3 Å². The molecule has 1 aromatic carbocycles. The van der Waals surface area contributed by atoms with Crippen molar-refractivity contribution < 1.29 is 0 Å². The Balaban J connectivity index is 1.27. The number of nitrogens with zero attached hydrogens (tertiary/aromatic N) is 6. The summed E-state index contributed by atoms with van der Waals surface area (Å²) in [6, 6.07) is 18.9. The molecule has 0 bridgehead atoms. The fraction of sp³-hybridized carbons (Fsp3) is 0.269. The first-order valence-electron chi connectivity index (χ1n) is 11.4. The number of aryl methyl sites for hydroxylation is 1. The summed E-state index contributed by atoms with van der Waals surface area (Å²) in [6.45, 7) is 6.01. The Morgan fingerprint density at radius 2 is 1.94 bits per heavy atom. The van der Waals surface area contributed by atoms with Gasteiger partial charge in [0.2, 0.25) is 0 Å². The van der Waals surface area contributed by atoms with E-state index in [0.29, 0.717) is 5.92 Å². The molecule has 4 aromatic rings. The van der Waals surface area contributed by atoms with E-state index in [2.05, 4.69) is 68.8 Å². The van der Waals surface area contributed by atoms with Gasteiger partial charge in [-0.25, -0.2) is 14.5 Å². The van der Waals surface area contributed by atoms with Crippen LogP contribution in [0.15, 0.2) is 72.6 Å². The molecule has 1 N–H and O–H groups in total. The first-order valence-corrected chi connectivity index (χ1v) is 11.4. The van der Waals surface area contributed by atoms with Crippen LogP contribution >= 0.6 is 0 Å². The lowest BCUT2D eigenvalue weighted by Gasteiger charge is -2.21. The van der Waals surface area contributed by atoms with Crippen molar-refractivity contribution in [3.63, 3.8) is 0 Å². The Labute approximate surface area is 193 Å². The zero-order chi connectivity index (χ0) is 22.4. The van der Waals surface area contributed by atoms with Crippen LogP contribution in [0.1, 0.15) is 11.3 Å². The fourth-order valence-corrected chi connectivity index (χ4v) is 5.04. The van der Waals surface area contributed by atoms with Crippen molar-refractivity contribution in [2.45, 2.75) is 13.5 Å². The number of benzene rings is 1. The number of pyridine rings is 1. The quantitative estimate of drug-likeness (QED) is 0.510. The number of fused-ring (bicyclic) bond motifs is 2. The molecule has 166 valence electrons. The number of anilines is 2. The third-order valence-electron chi connectivity index (χ3n) is 6.62. The summed E-state index contributed by atoms with van der Waals surface area (Å²) >= 11 is 0. The maximum Gasteiger partial charge on any atom is 0.154 e. The van der Waals surface area contributed by atoms with Gasteiger partial charge < -0.3 is 15.1 Å². The van der Waals surface area contributed by atoms with E-state index in [9.17, 15) is 0 Å². The van der Waals surface area contributed by atoms with Crippen LogP contribution in [0.2, 0.25) is 0 Å². The van der Waals surface area contributed by atoms with E-state index in [-0.39, 0.29) is 0 Å². The molecule has 1 saturated heterocycles. The molecule has 2 aliphatic rings. The van der Waals surface area contributed by atoms with Gasteiger partial charge in [0, 0.05) is 57.1 Å². The molecule has 0 aliphatic carbocycles. The van der Waals surface area contributed by atoms with E-state index in [4.69, 9.17) is 10.1 Å². The highest BCUT2D eigenvalue weighted by Gasteiger charge is 2.34. The van der Waals surface area contributed by atoms with E-state index < -0.39 is 0 Å². The maximum absolute atomic E-state index is 5.02. The van der Waals surface area contributed by atoms with Gasteiger partial charge in [0.05, 0.1) is 11.4 Å². The van der Waals surface area contributed by atoms with Crippen molar-refractivity contribution in [2.75, 3.05) is 36.9 Å². The summed E-state index contributed by atoms with van der Waals surface area (Å²) in [5.41, 5.74) is 6.76. The number of imidazole rings is 1. The Morgan fingerprint density at radius 3 is 2.76 bits per heavy atom. The van der Waals surface area contributed by atoms with Crippen molar-refractivity contribution in [1.82, 2.24) is 24.5 Å². The maximum atomic E-state index is 5.02. The van der Waals surface area contributed by atoms with Crippen LogP contribution in [0.5, 0.6) is 0 Å². The fourth-order valence-electron chi connectivity index (χ4n) is 5.04. The van der Waals surface area contributed by atoms with Crippen molar-refractivity contribution in [1.29, 1.82) is 0 Å². The topological polar surface area (TPSA) is 61.6 Å². The molecule has 7 heteroatoms. The van der Waals surface area contributed by atoms with Gasteiger partial charge in [0.25, 0.3) is 0 Å².